The van der Waals surface area contributed by atoms with Gasteiger partial charge in [-0.15, -0.1) is 0 Å². The largest absolute Gasteiger partial charge is 0.350 e. The molecule has 1 heterocycles. The van der Waals surface area contributed by atoms with E-state index in [0.29, 0.717) is 11.6 Å². The van der Waals surface area contributed by atoms with Crippen LogP contribution in [0.5, 0.6) is 0 Å². The average Bonchev–Trinajstić information content (AvgIpc) is 2.15. The lowest BCUT2D eigenvalue weighted by atomic mass is 10.7. The molecule has 1 aliphatic rings. The van der Waals surface area contributed by atoms with Crippen LogP contribution in [0.2, 0.25) is 0 Å². The Hall–Kier alpha value is -0.590. The van der Waals surface area contributed by atoms with Gasteiger partial charge >= 0.3 is 6.03 Å². The van der Waals surface area contributed by atoms with Crippen molar-refractivity contribution in [2.24, 2.45) is 10.7 Å². The smallest absolute Gasteiger partial charge is 0.339 e. The first-order valence-electron chi connectivity index (χ1n) is 2.31. The minimum atomic E-state index is -0.650. The van der Waals surface area contributed by atoms with Crippen molar-refractivity contribution in [3.63, 3.8) is 0 Å². The molecule has 4 N–H and O–H groups in total. The quantitative estimate of drug-likeness (QED) is 0.392. The van der Waals surface area contributed by atoms with Gasteiger partial charge in [-0.25, -0.2) is 10.2 Å². The molecule has 1 rings (SSSR count). The van der Waals surface area contributed by atoms with Gasteiger partial charge in [0.2, 0.25) is 0 Å². The van der Waals surface area contributed by atoms with Crippen LogP contribution in [-0.2, 0) is 0 Å². The number of urea groups is 1. The Morgan fingerprint density at radius 2 is 2.67 bits per heavy atom. The number of hydrazine groups is 1. The molecule has 0 aliphatic carbocycles. The van der Waals surface area contributed by atoms with Crippen molar-refractivity contribution in [1.29, 1.82) is 0 Å². The number of rotatable bonds is 0. The molecule has 5 nitrogen and oxygen atoms in total. The highest BCUT2D eigenvalue weighted by atomic mass is 32.2. The number of nitrogens with two attached hydrogens (primary N) is 1. The Morgan fingerprint density at radius 1 is 1.89 bits per heavy atom. The van der Waals surface area contributed by atoms with E-state index in [4.69, 9.17) is 5.73 Å². The summed E-state index contributed by atoms with van der Waals surface area (Å²) in [6, 6.07) is -0.650. The summed E-state index contributed by atoms with van der Waals surface area (Å²) in [5.41, 5.74) is 7.53. The van der Waals surface area contributed by atoms with Crippen LogP contribution in [0.15, 0.2) is 4.99 Å². The topological polar surface area (TPSA) is 79.5 Å². The number of hydrogen-bond acceptors (Lipinski definition) is 4. The second kappa shape index (κ2) is 2.81. The first-order valence-corrected chi connectivity index (χ1v) is 3.12. The van der Waals surface area contributed by atoms with Gasteiger partial charge in [-0.2, -0.15) is 9.82 Å². The number of carbonyl (C=O) groups excluding carboxylic acids is 1. The molecule has 1 fully saturated rings. The summed E-state index contributed by atoms with van der Waals surface area (Å²) in [7, 11) is 0. The second-order valence-electron chi connectivity index (χ2n) is 1.40. The highest BCUT2D eigenvalue weighted by Gasteiger charge is 2.07. The Kier molecular flexibility index (Phi) is 2.04. The lowest BCUT2D eigenvalue weighted by molar-refractivity contribution is 0.257. The number of nitrogens with one attached hydrogen (secondary N) is 2. The molecule has 0 atom stereocenters. The number of nitrogens with zero attached hydrogens (tertiary/aromatic N) is 1. The Bertz CT molecular complexity index is 148. The lowest BCUT2D eigenvalue weighted by Crippen LogP contribution is -2.18. The fraction of sp³-hybridized carbons (Fsp3) is 0.333. The average molecular weight is 146 g/mol. The standard InChI is InChI=1S/C3H6N4OS/c4-3(8)6-2-1-5-7-9-2/h5,7H,1H2,(H2,4,8). The summed E-state index contributed by atoms with van der Waals surface area (Å²) in [5.74, 6) is 0. The number of aliphatic imine (C=N–C) groups is 1. The van der Waals surface area contributed by atoms with Crippen molar-refractivity contribution in [3.05, 3.63) is 0 Å². The van der Waals surface area contributed by atoms with E-state index >= 15 is 0 Å². The molecule has 0 aromatic rings. The van der Waals surface area contributed by atoms with Crippen LogP contribution in [0.4, 0.5) is 4.79 Å². The van der Waals surface area contributed by atoms with Gasteiger partial charge in [0.05, 0.1) is 6.54 Å². The molecule has 0 aromatic heterocycles. The predicted molar refractivity (Wildman–Crippen MR) is 35.7 cm³/mol. The maximum Gasteiger partial charge on any atom is 0.339 e. The minimum Gasteiger partial charge on any atom is -0.350 e. The molecular formula is C3H6N4OS. The van der Waals surface area contributed by atoms with E-state index in [1.165, 1.54) is 11.9 Å². The molecule has 1 saturated heterocycles. The van der Waals surface area contributed by atoms with Crippen molar-refractivity contribution in [2.45, 2.75) is 0 Å². The summed E-state index contributed by atoms with van der Waals surface area (Å²) in [6.07, 6.45) is 0. The van der Waals surface area contributed by atoms with E-state index in [1.54, 1.807) is 0 Å². The van der Waals surface area contributed by atoms with Crippen molar-refractivity contribution in [2.75, 3.05) is 6.54 Å². The zero-order chi connectivity index (χ0) is 6.69. The molecule has 0 bridgehead atoms. The SMILES string of the molecule is NC(=O)N=C1CNNS1. The maximum atomic E-state index is 10.1. The molecule has 0 unspecified atom stereocenters. The second-order valence-corrected chi connectivity index (χ2v) is 2.28. The molecule has 6 heteroatoms. The van der Waals surface area contributed by atoms with Crippen molar-refractivity contribution >= 4 is 23.0 Å². The molecular weight excluding hydrogens is 140 g/mol. The third-order valence-electron chi connectivity index (χ3n) is 0.716. The van der Waals surface area contributed by atoms with E-state index in [0.717, 1.165) is 0 Å². The van der Waals surface area contributed by atoms with Gasteiger partial charge in [0.1, 0.15) is 5.04 Å². The van der Waals surface area contributed by atoms with Crippen molar-refractivity contribution in [3.8, 4) is 0 Å². The summed E-state index contributed by atoms with van der Waals surface area (Å²) in [4.78, 5) is 16.3. The third kappa shape index (κ3) is 2.00. The molecule has 50 valence electrons. The Balaban J connectivity index is 2.49. The van der Waals surface area contributed by atoms with Crippen LogP contribution in [0.1, 0.15) is 0 Å². The van der Waals surface area contributed by atoms with Crippen LogP contribution in [0.3, 0.4) is 0 Å². The highest BCUT2D eigenvalue weighted by molar-refractivity contribution is 8.12. The zero-order valence-electron chi connectivity index (χ0n) is 4.55. The Morgan fingerprint density at radius 3 is 3.11 bits per heavy atom. The van der Waals surface area contributed by atoms with Gasteiger partial charge in [-0.05, 0) is 11.9 Å². The molecule has 0 saturated carbocycles. The molecule has 1 aliphatic heterocycles. The number of amides is 2. The lowest BCUT2D eigenvalue weighted by Gasteiger charge is -1.84. The Labute approximate surface area is 56.2 Å². The normalized spacial score (nSPS) is 22.9. The van der Waals surface area contributed by atoms with Crippen LogP contribution >= 0.6 is 11.9 Å². The summed E-state index contributed by atoms with van der Waals surface area (Å²) < 4.78 is 0. The van der Waals surface area contributed by atoms with Gasteiger partial charge in [0, 0.05) is 0 Å². The van der Waals surface area contributed by atoms with E-state index in [-0.39, 0.29) is 0 Å². The first-order chi connectivity index (χ1) is 4.29. The summed E-state index contributed by atoms with van der Waals surface area (Å²) in [5, 5.41) is 0.669. The maximum absolute atomic E-state index is 10.1. The third-order valence-corrected chi connectivity index (χ3v) is 1.43. The molecule has 2 amide bonds. The zero-order valence-corrected chi connectivity index (χ0v) is 5.36. The van der Waals surface area contributed by atoms with E-state index < -0.39 is 6.03 Å². The highest BCUT2D eigenvalue weighted by Crippen LogP contribution is 2.00. The van der Waals surface area contributed by atoms with Gasteiger partial charge in [-0.3, -0.25) is 0 Å². The number of hydrogen-bond donors (Lipinski definition) is 3. The summed E-state index contributed by atoms with van der Waals surface area (Å²) in [6.45, 7) is 0.563. The number of carbonyl (C=O) groups is 1. The van der Waals surface area contributed by atoms with Crippen LogP contribution < -0.4 is 16.0 Å². The molecule has 0 spiro atoms. The molecule has 0 radical (unpaired) electrons. The van der Waals surface area contributed by atoms with Crippen molar-refractivity contribution < 1.29 is 4.79 Å². The number of primary amides is 1. The first kappa shape index (κ1) is 6.53. The summed E-state index contributed by atoms with van der Waals surface area (Å²) >= 11 is 1.26. The fourth-order valence-electron chi connectivity index (χ4n) is 0.428. The van der Waals surface area contributed by atoms with E-state index in [2.05, 4.69) is 15.2 Å². The van der Waals surface area contributed by atoms with Crippen molar-refractivity contribution in [1.82, 2.24) is 10.3 Å². The van der Waals surface area contributed by atoms with Crippen LogP contribution in [0, 0.1) is 0 Å². The van der Waals surface area contributed by atoms with Gasteiger partial charge in [0.15, 0.2) is 0 Å². The minimum absolute atomic E-state index is 0.563. The van der Waals surface area contributed by atoms with Crippen LogP contribution in [0.25, 0.3) is 0 Å². The predicted octanol–water partition coefficient (Wildman–Crippen LogP) is -0.780. The van der Waals surface area contributed by atoms with Crippen LogP contribution in [-0.4, -0.2) is 17.6 Å². The van der Waals surface area contributed by atoms with Gasteiger partial charge in [-0.1, -0.05) is 0 Å². The van der Waals surface area contributed by atoms with Gasteiger partial charge < -0.3 is 5.73 Å². The fourth-order valence-corrected chi connectivity index (χ4v) is 0.970. The molecule has 9 heavy (non-hydrogen) atoms. The van der Waals surface area contributed by atoms with E-state index in [9.17, 15) is 4.79 Å². The van der Waals surface area contributed by atoms with E-state index in [1.807, 2.05) is 0 Å². The van der Waals surface area contributed by atoms with Gasteiger partial charge in [0.25, 0.3) is 0 Å². The molecule has 0 aromatic carbocycles. The monoisotopic (exact) mass is 146 g/mol.